The number of carbonyl (C=O) groups is 1. The molecule has 0 unspecified atom stereocenters. The normalized spacial score (nSPS) is 14.1. The summed E-state index contributed by atoms with van der Waals surface area (Å²) >= 11 is 0. The number of esters is 1. The number of ether oxygens (including phenoxy) is 2. The predicted octanol–water partition coefficient (Wildman–Crippen LogP) is 4.01. The lowest BCUT2D eigenvalue weighted by atomic mass is 10.0. The molecule has 0 spiro atoms. The summed E-state index contributed by atoms with van der Waals surface area (Å²) in [7, 11) is 0. The summed E-state index contributed by atoms with van der Waals surface area (Å²) in [5.41, 5.74) is 1.89. The van der Waals surface area contributed by atoms with Crippen LogP contribution in [0.3, 0.4) is 0 Å². The lowest BCUT2D eigenvalue weighted by Crippen LogP contribution is -2.18. The molecule has 1 heterocycles. The molecule has 0 radical (unpaired) electrons. The molecule has 3 nitrogen and oxygen atoms in total. The maximum Gasteiger partial charge on any atom is 0.374 e. The minimum Gasteiger partial charge on any atom is -0.487 e. The fourth-order valence-electron chi connectivity index (χ4n) is 2.45. The molecule has 1 aliphatic heterocycles. The smallest absolute Gasteiger partial charge is 0.374 e. The molecular formula is C19H18O3. The molecule has 3 heteroatoms. The third kappa shape index (κ3) is 3.37. The van der Waals surface area contributed by atoms with Gasteiger partial charge in [0.05, 0.1) is 6.61 Å². The van der Waals surface area contributed by atoms with Crippen LogP contribution in [0.15, 0.2) is 72.5 Å². The van der Waals surface area contributed by atoms with E-state index in [9.17, 15) is 4.79 Å². The number of allylic oxidation sites excluding steroid dienone is 1. The second-order valence-electron chi connectivity index (χ2n) is 5.17. The SMILES string of the molecule is O=C(OC(c1ccccc1)c1ccccc1)C1=CCCCO1. The summed E-state index contributed by atoms with van der Waals surface area (Å²) in [4.78, 5) is 12.3. The van der Waals surface area contributed by atoms with Crippen molar-refractivity contribution in [2.24, 2.45) is 0 Å². The van der Waals surface area contributed by atoms with Crippen LogP contribution in [0.25, 0.3) is 0 Å². The Kier molecular flexibility index (Phi) is 4.54. The Hall–Kier alpha value is -2.55. The summed E-state index contributed by atoms with van der Waals surface area (Å²) in [6.07, 6.45) is 3.17. The quantitative estimate of drug-likeness (QED) is 0.799. The Morgan fingerprint density at radius 2 is 1.55 bits per heavy atom. The summed E-state index contributed by atoms with van der Waals surface area (Å²) in [6, 6.07) is 19.5. The Morgan fingerprint density at radius 1 is 0.955 bits per heavy atom. The summed E-state index contributed by atoms with van der Waals surface area (Å²) < 4.78 is 11.1. The molecule has 2 aromatic carbocycles. The van der Waals surface area contributed by atoms with E-state index in [1.54, 1.807) is 6.08 Å². The van der Waals surface area contributed by atoms with Crippen LogP contribution >= 0.6 is 0 Å². The molecule has 0 aromatic heterocycles. The molecule has 0 saturated heterocycles. The fourth-order valence-corrected chi connectivity index (χ4v) is 2.45. The molecule has 0 fully saturated rings. The highest BCUT2D eigenvalue weighted by molar-refractivity contribution is 5.86. The minimum atomic E-state index is -0.429. The first-order valence-electron chi connectivity index (χ1n) is 7.48. The van der Waals surface area contributed by atoms with Gasteiger partial charge in [0.1, 0.15) is 0 Å². The van der Waals surface area contributed by atoms with Gasteiger partial charge in [0.2, 0.25) is 5.76 Å². The highest BCUT2D eigenvalue weighted by atomic mass is 16.6. The van der Waals surface area contributed by atoms with E-state index in [1.807, 2.05) is 60.7 Å². The molecule has 112 valence electrons. The first-order chi connectivity index (χ1) is 10.8. The van der Waals surface area contributed by atoms with Gasteiger partial charge in [0, 0.05) is 0 Å². The standard InChI is InChI=1S/C19H18O3/c20-19(17-13-7-8-14-21-17)22-18(15-9-3-1-4-10-15)16-11-5-2-6-12-16/h1-6,9-13,18H,7-8,14H2. The molecule has 3 rings (SSSR count). The number of carbonyl (C=O) groups excluding carboxylic acids is 1. The van der Waals surface area contributed by atoms with Crippen molar-refractivity contribution in [2.75, 3.05) is 6.61 Å². The highest BCUT2D eigenvalue weighted by Crippen LogP contribution is 2.27. The van der Waals surface area contributed by atoms with Gasteiger partial charge in [-0.25, -0.2) is 4.79 Å². The molecule has 0 aliphatic carbocycles. The molecule has 22 heavy (non-hydrogen) atoms. The van der Waals surface area contributed by atoms with Crippen molar-refractivity contribution in [3.05, 3.63) is 83.6 Å². The second kappa shape index (κ2) is 6.94. The largest absolute Gasteiger partial charge is 0.487 e. The lowest BCUT2D eigenvalue weighted by Gasteiger charge is -2.21. The van der Waals surface area contributed by atoms with Gasteiger partial charge in [-0.3, -0.25) is 0 Å². The second-order valence-corrected chi connectivity index (χ2v) is 5.17. The topological polar surface area (TPSA) is 35.5 Å². The third-order valence-corrected chi connectivity index (χ3v) is 3.57. The predicted molar refractivity (Wildman–Crippen MR) is 84.1 cm³/mol. The van der Waals surface area contributed by atoms with E-state index < -0.39 is 12.1 Å². The van der Waals surface area contributed by atoms with E-state index >= 15 is 0 Å². The first-order valence-corrected chi connectivity index (χ1v) is 7.48. The van der Waals surface area contributed by atoms with Crippen LogP contribution in [-0.2, 0) is 14.3 Å². The lowest BCUT2D eigenvalue weighted by molar-refractivity contribution is -0.147. The van der Waals surface area contributed by atoms with E-state index in [0.29, 0.717) is 12.4 Å². The van der Waals surface area contributed by atoms with Crippen molar-refractivity contribution in [3.63, 3.8) is 0 Å². The number of hydrogen-bond donors (Lipinski definition) is 0. The van der Waals surface area contributed by atoms with Crippen LogP contribution in [0.2, 0.25) is 0 Å². The molecule has 0 N–H and O–H groups in total. The number of benzene rings is 2. The Balaban J connectivity index is 1.86. The van der Waals surface area contributed by atoms with Crippen LogP contribution < -0.4 is 0 Å². The van der Waals surface area contributed by atoms with E-state index in [0.717, 1.165) is 24.0 Å². The maximum atomic E-state index is 12.3. The van der Waals surface area contributed by atoms with Gasteiger partial charge >= 0.3 is 5.97 Å². The van der Waals surface area contributed by atoms with E-state index in [1.165, 1.54) is 0 Å². The van der Waals surface area contributed by atoms with Gasteiger partial charge < -0.3 is 9.47 Å². The van der Waals surface area contributed by atoms with Crippen molar-refractivity contribution in [1.29, 1.82) is 0 Å². The van der Waals surface area contributed by atoms with Crippen LogP contribution in [0, 0.1) is 0 Å². The Bertz CT molecular complexity index is 607. The zero-order valence-corrected chi connectivity index (χ0v) is 12.3. The number of hydrogen-bond acceptors (Lipinski definition) is 3. The number of rotatable bonds is 4. The zero-order valence-electron chi connectivity index (χ0n) is 12.3. The monoisotopic (exact) mass is 294 g/mol. The molecule has 0 amide bonds. The van der Waals surface area contributed by atoms with Gasteiger partial charge in [-0.2, -0.15) is 0 Å². The summed E-state index contributed by atoms with van der Waals surface area (Å²) in [5, 5.41) is 0. The first kappa shape index (κ1) is 14.4. The minimum absolute atomic E-state index is 0.322. The molecular weight excluding hydrogens is 276 g/mol. The van der Waals surface area contributed by atoms with Crippen molar-refractivity contribution >= 4 is 5.97 Å². The molecule has 0 atom stereocenters. The van der Waals surface area contributed by atoms with Crippen molar-refractivity contribution in [2.45, 2.75) is 18.9 Å². The van der Waals surface area contributed by atoms with E-state index in [4.69, 9.17) is 9.47 Å². The molecule has 0 bridgehead atoms. The third-order valence-electron chi connectivity index (χ3n) is 3.57. The Morgan fingerprint density at radius 3 is 2.05 bits per heavy atom. The van der Waals surface area contributed by atoms with E-state index in [-0.39, 0.29) is 0 Å². The van der Waals surface area contributed by atoms with Gasteiger partial charge in [0.15, 0.2) is 6.10 Å². The molecule has 2 aromatic rings. The van der Waals surface area contributed by atoms with Crippen molar-refractivity contribution in [3.8, 4) is 0 Å². The average Bonchev–Trinajstić information content (AvgIpc) is 2.62. The van der Waals surface area contributed by atoms with Crippen LogP contribution in [-0.4, -0.2) is 12.6 Å². The van der Waals surface area contributed by atoms with Gasteiger partial charge in [0.25, 0.3) is 0 Å². The molecule has 1 aliphatic rings. The Labute approximate surface area is 130 Å². The van der Waals surface area contributed by atoms with Crippen molar-refractivity contribution < 1.29 is 14.3 Å². The van der Waals surface area contributed by atoms with Gasteiger partial charge in [-0.15, -0.1) is 0 Å². The van der Waals surface area contributed by atoms with Crippen molar-refractivity contribution in [1.82, 2.24) is 0 Å². The molecule has 0 saturated carbocycles. The summed E-state index contributed by atoms with van der Waals surface area (Å²) in [5.74, 6) is -0.0829. The average molecular weight is 294 g/mol. The fraction of sp³-hybridized carbons (Fsp3) is 0.211. The maximum absolute atomic E-state index is 12.3. The van der Waals surface area contributed by atoms with Gasteiger partial charge in [-0.05, 0) is 30.0 Å². The zero-order chi connectivity index (χ0) is 15.2. The summed E-state index contributed by atoms with van der Waals surface area (Å²) in [6.45, 7) is 0.572. The van der Waals surface area contributed by atoms with Crippen LogP contribution in [0.1, 0.15) is 30.1 Å². The van der Waals surface area contributed by atoms with Crippen LogP contribution in [0.5, 0.6) is 0 Å². The van der Waals surface area contributed by atoms with Gasteiger partial charge in [-0.1, -0.05) is 60.7 Å². The van der Waals surface area contributed by atoms with Crippen LogP contribution in [0.4, 0.5) is 0 Å². The van der Waals surface area contributed by atoms with E-state index in [2.05, 4.69) is 0 Å². The highest BCUT2D eigenvalue weighted by Gasteiger charge is 2.23.